The van der Waals surface area contributed by atoms with Gasteiger partial charge in [0.15, 0.2) is 0 Å². The lowest BCUT2D eigenvalue weighted by Crippen LogP contribution is -2.51. The zero-order chi connectivity index (χ0) is 14.7. The second-order valence-electron chi connectivity index (χ2n) is 5.45. The third-order valence-electron chi connectivity index (χ3n) is 3.81. The van der Waals surface area contributed by atoms with Crippen LogP contribution in [0.25, 0.3) is 0 Å². The number of hydrogen-bond donors (Lipinski definition) is 1. The monoisotopic (exact) mass is 281 g/mol. The van der Waals surface area contributed by atoms with Crippen molar-refractivity contribution in [1.82, 2.24) is 10.4 Å². The minimum Gasteiger partial charge on any atom is -0.258 e. The smallest absolute Gasteiger partial charge is 0.258 e. The Balaban J connectivity index is 2.04. The summed E-state index contributed by atoms with van der Waals surface area (Å²) < 4.78 is 13.4. The van der Waals surface area contributed by atoms with E-state index in [0.717, 1.165) is 18.9 Å². The molecule has 2 unspecified atom stereocenters. The predicted octanol–water partition coefficient (Wildman–Crippen LogP) is 3.00. The molecule has 5 nitrogen and oxygen atoms in total. The first-order chi connectivity index (χ1) is 9.47. The number of non-ortho nitro benzene ring substituents is 1. The van der Waals surface area contributed by atoms with E-state index in [2.05, 4.69) is 24.3 Å². The highest BCUT2D eigenvalue weighted by atomic mass is 19.1. The van der Waals surface area contributed by atoms with Crippen LogP contribution in [-0.4, -0.2) is 22.0 Å². The SMILES string of the molecule is CC1CCCC(C)N1NCc1cc(F)cc([N+](=O)[O-])c1. The Morgan fingerprint density at radius 3 is 2.60 bits per heavy atom. The summed E-state index contributed by atoms with van der Waals surface area (Å²) in [6, 6.07) is 4.52. The van der Waals surface area contributed by atoms with E-state index in [4.69, 9.17) is 0 Å². The molecule has 2 rings (SSSR count). The molecule has 1 saturated heterocycles. The van der Waals surface area contributed by atoms with E-state index in [-0.39, 0.29) is 5.69 Å². The molecule has 0 aliphatic carbocycles. The van der Waals surface area contributed by atoms with Crippen molar-refractivity contribution >= 4 is 5.69 Å². The molecule has 110 valence electrons. The second-order valence-corrected chi connectivity index (χ2v) is 5.45. The lowest BCUT2D eigenvalue weighted by Gasteiger charge is -2.39. The summed E-state index contributed by atoms with van der Waals surface area (Å²) in [4.78, 5) is 10.2. The first kappa shape index (κ1) is 14.9. The number of nitrogens with one attached hydrogen (secondary N) is 1. The number of piperidine rings is 1. The molecule has 1 aliphatic heterocycles. The first-order valence-corrected chi connectivity index (χ1v) is 6.93. The Bertz CT molecular complexity index is 485. The third-order valence-corrected chi connectivity index (χ3v) is 3.81. The number of halogens is 1. The van der Waals surface area contributed by atoms with Crippen molar-refractivity contribution in [3.63, 3.8) is 0 Å². The fraction of sp³-hybridized carbons (Fsp3) is 0.571. The number of rotatable bonds is 4. The highest BCUT2D eigenvalue weighted by Crippen LogP contribution is 2.21. The molecule has 6 heteroatoms. The predicted molar refractivity (Wildman–Crippen MR) is 74.5 cm³/mol. The van der Waals surface area contributed by atoms with Crippen molar-refractivity contribution < 1.29 is 9.31 Å². The number of hydrogen-bond acceptors (Lipinski definition) is 4. The maximum Gasteiger partial charge on any atom is 0.272 e. The lowest BCUT2D eigenvalue weighted by atomic mass is 10.00. The molecule has 0 spiro atoms. The number of hydrazine groups is 1. The summed E-state index contributed by atoms with van der Waals surface area (Å²) in [7, 11) is 0. The Morgan fingerprint density at radius 2 is 2.00 bits per heavy atom. The quantitative estimate of drug-likeness (QED) is 0.681. The average Bonchev–Trinajstić information content (AvgIpc) is 2.37. The summed E-state index contributed by atoms with van der Waals surface area (Å²) >= 11 is 0. The largest absolute Gasteiger partial charge is 0.272 e. The van der Waals surface area contributed by atoms with E-state index in [9.17, 15) is 14.5 Å². The van der Waals surface area contributed by atoms with Crippen molar-refractivity contribution in [1.29, 1.82) is 0 Å². The molecule has 2 atom stereocenters. The van der Waals surface area contributed by atoms with Crippen LogP contribution in [0.5, 0.6) is 0 Å². The molecule has 1 N–H and O–H groups in total. The van der Waals surface area contributed by atoms with Gasteiger partial charge in [-0.15, -0.1) is 0 Å². The van der Waals surface area contributed by atoms with Crippen LogP contribution in [-0.2, 0) is 6.54 Å². The second kappa shape index (κ2) is 6.28. The topological polar surface area (TPSA) is 58.4 Å². The van der Waals surface area contributed by atoms with Crippen LogP contribution in [0.4, 0.5) is 10.1 Å². The van der Waals surface area contributed by atoms with Gasteiger partial charge in [-0.2, -0.15) is 0 Å². The molecule has 1 heterocycles. The zero-order valence-electron chi connectivity index (χ0n) is 11.8. The normalized spacial score (nSPS) is 23.8. The van der Waals surface area contributed by atoms with Gasteiger partial charge in [-0.3, -0.25) is 15.5 Å². The summed E-state index contributed by atoms with van der Waals surface area (Å²) in [5.41, 5.74) is 3.65. The minimum atomic E-state index is -0.573. The van der Waals surface area contributed by atoms with Crippen molar-refractivity contribution in [2.75, 3.05) is 0 Å². The van der Waals surface area contributed by atoms with Crippen LogP contribution < -0.4 is 5.43 Å². The van der Waals surface area contributed by atoms with Gasteiger partial charge in [-0.25, -0.2) is 9.40 Å². The van der Waals surface area contributed by atoms with Gasteiger partial charge in [0.2, 0.25) is 0 Å². The highest BCUT2D eigenvalue weighted by molar-refractivity contribution is 5.35. The molecule has 1 aliphatic rings. The maximum atomic E-state index is 13.4. The van der Waals surface area contributed by atoms with Crippen LogP contribution in [0.3, 0.4) is 0 Å². The highest BCUT2D eigenvalue weighted by Gasteiger charge is 2.24. The Labute approximate surface area is 117 Å². The van der Waals surface area contributed by atoms with Gasteiger partial charge in [0.25, 0.3) is 5.69 Å². The van der Waals surface area contributed by atoms with E-state index in [1.54, 1.807) is 0 Å². The Kier molecular flexibility index (Phi) is 4.67. The van der Waals surface area contributed by atoms with Gasteiger partial charge in [-0.1, -0.05) is 6.42 Å². The number of benzene rings is 1. The molecule has 0 bridgehead atoms. The van der Waals surface area contributed by atoms with E-state index in [1.165, 1.54) is 18.6 Å². The van der Waals surface area contributed by atoms with Crippen molar-refractivity contribution in [2.45, 2.75) is 51.7 Å². The van der Waals surface area contributed by atoms with Crippen LogP contribution in [0, 0.1) is 15.9 Å². The van der Waals surface area contributed by atoms with Crippen LogP contribution >= 0.6 is 0 Å². The first-order valence-electron chi connectivity index (χ1n) is 6.93. The van der Waals surface area contributed by atoms with E-state index in [1.807, 2.05) is 0 Å². The zero-order valence-corrected chi connectivity index (χ0v) is 11.8. The van der Waals surface area contributed by atoms with Gasteiger partial charge in [0.05, 0.1) is 11.0 Å². The Morgan fingerprint density at radius 1 is 1.35 bits per heavy atom. The van der Waals surface area contributed by atoms with Crippen LogP contribution in [0.15, 0.2) is 18.2 Å². The van der Waals surface area contributed by atoms with Gasteiger partial charge in [0, 0.05) is 24.7 Å². The molecular formula is C14H20FN3O2. The molecule has 0 aromatic heterocycles. The van der Waals surface area contributed by atoms with Crippen molar-refractivity contribution in [3.8, 4) is 0 Å². The molecule has 1 aromatic carbocycles. The Hall–Kier alpha value is -1.53. The maximum absolute atomic E-state index is 13.4. The standard InChI is InChI=1S/C14H20FN3O2/c1-10-4-3-5-11(2)17(10)16-9-12-6-13(15)8-14(7-12)18(19)20/h6-8,10-11,16H,3-5,9H2,1-2H3. The number of nitrogens with zero attached hydrogens (tertiary/aromatic N) is 2. The summed E-state index contributed by atoms with van der Waals surface area (Å²) in [6.45, 7) is 4.70. The van der Waals surface area contributed by atoms with Crippen molar-refractivity contribution in [3.05, 3.63) is 39.7 Å². The van der Waals surface area contributed by atoms with Crippen LogP contribution in [0.1, 0.15) is 38.7 Å². The molecule has 1 aromatic rings. The fourth-order valence-electron chi connectivity index (χ4n) is 2.76. The lowest BCUT2D eigenvalue weighted by molar-refractivity contribution is -0.385. The molecule has 0 saturated carbocycles. The average molecular weight is 281 g/mol. The summed E-state index contributed by atoms with van der Waals surface area (Å²) in [5.74, 6) is -0.573. The van der Waals surface area contributed by atoms with E-state index in [0.29, 0.717) is 24.2 Å². The fourth-order valence-corrected chi connectivity index (χ4v) is 2.76. The number of nitro groups is 1. The van der Waals surface area contributed by atoms with Crippen LogP contribution in [0.2, 0.25) is 0 Å². The van der Waals surface area contributed by atoms with Gasteiger partial charge >= 0.3 is 0 Å². The minimum absolute atomic E-state index is 0.207. The summed E-state index contributed by atoms with van der Waals surface area (Å²) in [5, 5.41) is 12.9. The third kappa shape index (κ3) is 3.52. The van der Waals surface area contributed by atoms with Gasteiger partial charge in [-0.05, 0) is 38.3 Å². The molecule has 0 radical (unpaired) electrons. The summed E-state index contributed by atoms with van der Waals surface area (Å²) in [6.07, 6.45) is 3.47. The number of nitro benzene ring substituents is 1. The van der Waals surface area contributed by atoms with Crippen molar-refractivity contribution in [2.24, 2.45) is 0 Å². The molecule has 20 heavy (non-hydrogen) atoms. The van der Waals surface area contributed by atoms with E-state index >= 15 is 0 Å². The van der Waals surface area contributed by atoms with Gasteiger partial charge in [0.1, 0.15) is 5.82 Å². The van der Waals surface area contributed by atoms with Gasteiger partial charge < -0.3 is 0 Å². The van der Waals surface area contributed by atoms with E-state index < -0.39 is 10.7 Å². The molecular weight excluding hydrogens is 261 g/mol. The molecule has 1 fully saturated rings. The molecule has 0 amide bonds.